The molecule has 1 unspecified atom stereocenters. The van der Waals surface area contributed by atoms with E-state index in [1.807, 2.05) is 42.3 Å². The van der Waals surface area contributed by atoms with Gasteiger partial charge in [0.1, 0.15) is 11.6 Å². The molecule has 162 valence electrons. The van der Waals surface area contributed by atoms with E-state index in [0.29, 0.717) is 30.5 Å². The number of anilines is 1. The van der Waals surface area contributed by atoms with Crippen LogP contribution < -0.4 is 10.1 Å². The Morgan fingerprint density at radius 1 is 1.27 bits per heavy atom. The largest absolute Gasteiger partial charge is 0.492 e. The summed E-state index contributed by atoms with van der Waals surface area (Å²) in [5.41, 5.74) is 1.89. The molecule has 3 heterocycles. The van der Waals surface area contributed by atoms with Crippen LogP contribution in [0.4, 0.5) is 10.5 Å². The fraction of sp³-hybridized carbons (Fsp3) is 0.565. The van der Waals surface area contributed by atoms with Crippen LogP contribution in [0.5, 0.6) is 5.75 Å². The van der Waals surface area contributed by atoms with Crippen molar-refractivity contribution in [3.05, 3.63) is 42.0 Å². The number of benzene rings is 1. The molecule has 1 atom stereocenters. The molecule has 2 aliphatic rings. The Balaban J connectivity index is 1.48. The van der Waals surface area contributed by atoms with E-state index >= 15 is 0 Å². The summed E-state index contributed by atoms with van der Waals surface area (Å²) in [5, 5.41) is 3.04. The van der Waals surface area contributed by atoms with E-state index in [-0.39, 0.29) is 12.1 Å². The van der Waals surface area contributed by atoms with Crippen LogP contribution in [0.25, 0.3) is 0 Å². The van der Waals surface area contributed by atoms with Crippen molar-refractivity contribution in [1.29, 1.82) is 0 Å². The van der Waals surface area contributed by atoms with Crippen LogP contribution in [0.1, 0.15) is 56.1 Å². The van der Waals surface area contributed by atoms with Crippen molar-refractivity contribution < 1.29 is 14.3 Å². The van der Waals surface area contributed by atoms with Gasteiger partial charge in [0, 0.05) is 44.1 Å². The monoisotopic (exact) mass is 412 g/mol. The Bertz CT molecular complexity index is 860. The molecule has 1 aromatic carbocycles. The normalized spacial score (nSPS) is 20.2. The third kappa shape index (κ3) is 4.46. The third-order valence-electron chi connectivity index (χ3n) is 6.07. The van der Waals surface area contributed by atoms with E-state index in [0.717, 1.165) is 51.3 Å². The highest BCUT2D eigenvalue weighted by Gasteiger charge is 2.30. The van der Waals surface area contributed by atoms with E-state index in [1.54, 1.807) is 0 Å². The lowest BCUT2D eigenvalue weighted by atomic mass is 9.98. The first-order valence-electron chi connectivity index (χ1n) is 11.1. The molecule has 2 aliphatic heterocycles. The first-order valence-corrected chi connectivity index (χ1v) is 11.1. The van der Waals surface area contributed by atoms with Gasteiger partial charge in [0.05, 0.1) is 18.3 Å². The Labute approximate surface area is 178 Å². The molecule has 4 rings (SSSR count). The van der Waals surface area contributed by atoms with Gasteiger partial charge in [0.15, 0.2) is 0 Å². The number of para-hydroxylation sites is 2. The predicted octanol–water partition coefficient (Wildman–Crippen LogP) is 4.35. The van der Waals surface area contributed by atoms with E-state index in [9.17, 15) is 4.79 Å². The molecule has 0 spiro atoms. The molecule has 2 saturated heterocycles. The summed E-state index contributed by atoms with van der Waals surface area (Å²) >= 11 is 0. The van der Waals surface area contributed by atoms with Gasteiger partial charge in [-0.3, -0.25) is 0 Å². The molecule has 0 radical (unpaired) electrons. The molecule has 1 aromatic heterocycles. The summed E-state index contributed by atoms with van der Waals surface area (Å²) in [6.07, 6.45) is 6.05. The Kier molecular flexibility index (Phi) is 6.57. The average molecular weight is 413 g/mol. The number of aryl methyl sites for hydroxylation is 1. The second-order valence-electron chi connectivity index (χ2n) is 8.12. The molecule has 0 bridgehead atoms. The Morgan fingerprint density at radius 3 is 2.87 bits per heavy atom. The van der Waals surface area contributed by atoms with Crippen LogP contribution >= 0.6 is 0 Å². The molecule has 7 heteroatoms. The zero-order valence-corrected chi connectivity index (χ0v) is 18.0. The number of amides is 2. The zero-order valence-electron chi connectivity index (χ0n) is 18.0. The lowest BCUT2D eigenvalue weighted by molar-refractivity contribution is 0.0817. The maximum absolute atomic E-state index is 13.0. The molecule has 0 aliphatic carbocycles. The lowest BCUT2D eigenvalue weighted by Crippen LogP contribution is -2.43. The first-order chi connectivity index (χ1) is 14.7. The summed E-state index contributed by atoms with van der Waals surface area (Å²) in [4.78, 5) is 19.7. The van der Waals surface area contributed by atoms with Crippen molar-refractivity contribution in [2.75, 3.05) is 38.2 Å². The topological polar surface area (TPSA) is 68.6 Å². The van der Waals surface area contributed by atoms with Gasteiger partial charge in [-0.15, -0.1) is 0 Å². The van der Waals surface area contributed by atoms with Crippen LogP contribution in [0.15, 0.2) is 30.5 Å². The zero-order chi connectivity index (χ0) is 20.9. The highest BCUT2D eigenvalue weighted by Crippen LogP contribution is 2.32. The number of nitrogens with zero attached hydrogens (tertiary/aromatic N) is 3. The summed E-state index contributed by atoms with van der Waals surface area (Å²) in [7, 11) is 0. The smallest absolute Gasteiger partial charge is 0.322 e. The first kappa shape index (κ1) is 20.7. The van der Waals surface area contributed by atoms with Gasteiger partial charge >= 0.3 is 6.03 Å². The highest BCUT2D eigenvalue weighted by molar-refractivity contribution is 5.91. The summed E-state index contributed by atoms with van der Waals surface area (Å²) in [5.74, 6) is 2.30. The number of likely N-dealkylation sites (tertiary alicyclic amines) is 1. The van der Waals surface area contributed by atoms with Gasteiger partial charge < -0.3 is 24.3 Å². The van der Waals surface area contributed by atoms with Crippen LogP contribution in [0.3, 0.4) is 0 Å². The number of hydrogen-bond acceptors (Lipinski definition) is 4. The number of imidazole rings is 1. The molecular formula is C23H32N4O3. The predicted molar refractivity (Wildman–Crippen MR) is 116 cm³/mol. The fourth-order valence-corrected chi connectivity index (χ4v) is 4.59. The van der Waals surface area contributed by atoms with Crippen LogP contribution in [0.2, 0.25) is 0 Å². The van der Waals surface area contributed by atoms with E-state index < -0.39 is 0 Å². The van der Waals surface area contributed by atoms with Crippen molar-refractivity contribution in [3.63, 3.8) is 0 Å². The second-order valence-corrected chi connectivity index (χ2v) is 8.12. The summed E-state index contributed by atoms with van der Waals surface area (Å²) < 4.78 is 13.6. The standard InChI is InChI=1S/C23H32N4O3/c1-3-30-21-9-5-4-8-20(21)25-23(28)26-12-6-7-19(16-26)27-17(2)15-24-22(27)18-10-13-29-14-11-18/h4-5,8-9,15,18-19H,3,6-7,10-14,16H2,1-2H3,(H,25,28). The maximum atomic E-state index is 13.0. The highest BCUT2D eigenvalue weighted by atomic mass is 16.5. The van der Waals surface area contributed by atoms with E-state index in [2.05, 4.69) is 16.8 Å². The number of ether oxygens (including phenoxy) is 2. The minimum absolute atomic E-state index is 0.0720. The number of carbonyl (C=O) groups excluding carboxylic acids is 1. The molecule has 2 fully saturated rings. The average Bonchev–Trinajstić information content (AvgIpc) is 3.17. The molecule has 1 N–H and O–H groups in total. The Hall–Kier alpha value is -2.54. The van der Waals surface area contributed by atoms with Gasteiger partial charge in [-0.1, -0.05) is 12.1 Å². The summed E-state index contributed by atoms with van der Waals surface area (Å²) in [6.45, 7) is 7.68. The van der Waals surface area contributed by atoms with Crippen molar-refractivity contribution >= 4 is 11.7 Å². The van der Waals surface area contributed by atoms with Gasteiger partial charge in [-0.05, 0) is 51.7 Å². The molecule has 2 amide bonds. The van der Waals surface area contributed by atoms with Crippen molar-refractivity contribution in [3.8, 4) is 5.75 Å². The van der Waals surface area contributed by atoms with Crippen LogP contribution in [0, 0.1) is 6.92 Å². The number of nitrogens with one attached hydrogen (secondary N) is 1. The van der Waals surface area contributed by atoms with Crippen LogP contribution in [-0.2, 0) is 4.74 Å². The van der Waals surface area contributed by atoms with Gasteiger partial charge in [0.25, 0.3) is 0 Å². The number of hydrogen-bond donors (Lipinski definition) is 1. The molecular weight excluding hydrogens is 380 g/mol. The minimum Gasteiger partial charge on any atom is -0.492 e. The maximum Gasteiger partial charge on any atom is 0.322 e. The van der Waals surface area contributed by atoms with Gasteiger partial charge in [0.2, 0.25) is 0 Å². The van der Waals surface area contributed by atoms with Gasteiger partial charge in [-0.2, -0.15) is 0 Å². The number of aromatic nitrogens is 2. The SMILES string of the molecule is CCOc1ccccc1NC(=O)N1CCCC(n2c(C)cnc2C2CCOCC2)C1. The van der Waals surface area contributed by atoms with Crippen LogP contribution in [-0.4, -0.2) is 53.4 Å². The second kappa shape index (κ2) is 9.51. The van der Waals surface area contributed by atoms with Crippen molar-refractivity contribution in [2.45, 2.75) is 51.5 Å². The number of rotatable bonds is 5. The number of urea groups is 1. The van der Waals surface area contributed by atoms with E-state index in [1.165, 1.54) is 5.69 Å². The molecule has 30 heavy (non-hydrogen) atoms. The van der Waals surface area contributed by atoms with E-state index in [4.69, 9.17) is 14.5 Å². The number of carbonyl (C=O) groups is 1. The van der Waals surface area contributed by atoms with Crippen molar-refractivity contribution in [1.82, 2.24) is 14.5 Å². The molecule has 7 nitrogen and oxygen atoms in total. The van der Waals surface area contributed by atoms with Crippen molar-refractivity contribution in [2.24, 2.45) is 0 Å². The quantitative estimate of drug-likeness (QED) is 0.793. The molecule has 0 saturated carbocycles. The van der Waals surface area contributed by atoms with Gasteiger partial charge in [-0.25, -0.2) is 9.78 Å². The Morgan fingerprint density at radius 2 is 2.07 bits per heavy atom. The summed E-state index contributed by atoms with van der Waals surface area (Å²) in [6, 6.07) is 7.77. The third-order valence-corrected chi connectivity index (χ3v) is 6.07. The minimum atomic E-state index is -0.0720. The molecule has 2 aromatic rings. The number of piperidine rings is 1. The lowest BCUT2D eigenvalue weighted by Gasteiger charge is -2.36. The fourth-order valence-electron chi connectivity index (χ4n) is 4.59.